The Morgan fingerprint density at radius 2 is 1.74 bits per heavy atom. The number of carbonyl (C=O) groups is 3. The number of rotatable bonds is 11. The standard InChI is InChI=1S/C29H36N6O4/c1-3-34(23-9-5-4-6-10-23)28(38)21-14-17-25-24(19-21)31-29(35(25)18-8-7-11-26(30)36)32-27(37)20-12-15-22(16-13-20)33(2)39/h12-17,19,23H,3-11,18H2,1-2H3,(H2-,30,31,32,36,37)/p+1. The number of nitroso groups, excluding NO2 is 1. The van der Waals surface area contributed by atoms with E-state index in [1.165, 1.54) is 13.5 Å². The second-order valence-corrected chi connectivity index (χ2v) is 10.1. The van der Waals surface area contributed by atoms with Gasteiger partial charge in [0.05, 0.1) is 11.0 Å². The Balaban J connectivity index is 1.61. The van der Waals surface area contributed by atoms with Crippen molar-refractivity contribution in [1.82, 2.24) is 14.5 Å². The number of aryl methyl sites for hydroxylation is 1. The number of amides is 3. The highest BCUT2D eigenvalue weighted by Crippen LogP contribution is 2.27. The highest BCUT2D eigenvalue weighted by atomic mass is 16.3. The normalized spacial score (nSPS) is 13.8. The van der Waals surface area contributed by atoms with Crippen LogP contribution in [-0.2, 0) is 11.3 Å². The van der Waals surface area contributed by atoms with Crippen LogP contribution in [0.2, 0.25) is 0 Å². The molecule has 3 N–H and O–H groups in total. The van der Waals surface area contributed by atoms with Crippen molar-refractivity contribution in [2.24, 2.45) is 5.73 Å². The summed E-state index contributed by atoms with van der Waals surface area (Å²) in [6, 6.07) is 12.1. The Bertz CT molecular complexity index is 1360. The fourth-order valence-electron chi connectivity index (χ4n) is 5.28. The van der Waals surface area contributed by atoms with Crippen LogP contribution in [0.4, 0.5) is 11.6 Å². The van der Waals surface area contributed by atoms with Crippen LogP contribution in [-0.4, -0.2) is 56.6 Å². The van der Waals surface area contributed by atoms with Gasteiger partial charge in [-0.05, 0) is 62.9 Å². The lowest BCUT2D eigenvalue weighted by molar-refractivity contribution is -0.428. The molecule has 0 aliphatic heterocycles. The Kier molecular flexibility index (Phi) is 9.06. The number of hydrogen-bond donors (Lipinski definition) is 2. The molecule has 10 nitrogen and oxygen atoms in total. The van der Waals surface area contributed by atoms with Crippen LogP contribution in [0.15, 0.2) is 42.5 Å². The maximum Gasteiger partial charge on any atom is 0.257 e. The average molecular weight is 534 g/mol. The molecule has 3 amide bonds. The first-order chi connectivity index (χ1) is 18.8. The molecule has 0 bridgehead atoms. The molecule has 2 aromatic carbocycles. The van der Waals surface area contributed by atoms with Gasteiger partial charge >= 0.3 is 0 Å². The smallest absolute Gasteiger partial charge is 0.257 e. The molecule has 0 radical (unpaired) electrons. The number of unbranched alkanes of at least 4 members (excludes halogenated alkanes) is 1. The lowest BCUT2D eigenvalue weighted by Crippen LogP contribution is -2.41. The molecule has 1 aliphatic rings. The summed E-state index contributed by atoms with van der Waals surface area (Å²) >= 11 is 0. The first-order valence-electron chi connectivity index (χ1n) is 13.7. The third kappa shape index (κ3) is 6.68. The van der Waals surface area contributed by atoms with E-state index in [1.54, 1.807) is 30.3 Å². The van der Waals surface area contributed by atoms with E-state index in [4.69, 9.17) is 5.73 Å². The van der Waals surface area contributed by atoms with Gasteiger partial charge in [0.15, 0.2) is 7.05 Å². The highest BCUT2D eigenvalue weighted by molar-refractivity contribution is 6.04. The minimum Gasteiger partial charge on any atom is -0.370 e. The van der Waals surface area contributed by atoms with Crippen LogP contribution >= 0.6 is 0 Å². The number of benzene rings is 2. The zero-order valence-electron chi connectivity index (χ0n) is 22.7. The van der Waals surface area contributed by atoms with Crippen molar-refractivity contribution in [2.75, 3.05) is 18.9 Å². The molecule has 1 aliphatic carbocycles. The van der Waals surface area contributed by atoms with Crippen LogP contribution in [0.3, 0.4) is 0 Å². The van der Waals surface area contributed by atoms with Crippen molar-refractivity contribution in [3.8, 4) is 0 Å². The summed E-state index contributed by atoms with van der Waals surface area (Å²) in [4.78, 5) is 55.9. The van der Waals surface area contributed by atoms with Gasteiger partial charge in [-0.2, -0.15) is 0 Å². The Labute approximate surface area is 228 Å². The van der Waals surface area contributed by atoms with E-state index in [9.17, 15) is 19.3 Å². The number of imidazole rings is 1. The number of fused-ring (bicyclic) bond motifs is 1. The average Bonchev–Trinajstić information content (AvgIpc) is 3.27. The van der Waals surface area contributed by atoms with Crippen molar-refractivity contribution < 1.29 is 19.1 Å². The molecule has 0 spiro atoms. The number of primary amides is 1. The van der Waals surface area contributed by atoms with Gasteiger partial charge in [0, 0.05) is 58.5 Å². The first kappa shape index (κ1) is 27.9. The molecular weight excluding hydrogens is 496 g/mol. The maximum absolute atomic E-state index is 13.5. The minimum atomic E-state index is -0.366. The number of anilines is 1. The lowest BCUT2D eigenvalue weighted by Gasteiger charge is -2.33. The molecule has 39 heavy (non-hydrogen) atoms. The van der Waals surface area contributed by atoms with Crippen LogP contribution in [0.5, 0.6) is 0 Å². The molecule has 0 atom stereocenters. The number of aromatic nitrogens is 2. The molecule has 1 aromatic heterocycles. The monoisotopic (exact) mass is 533 g/mol. The second-order valence-electron chi connectivity index (χ2n) is 10.1. The summed E-state index contributed by atoms with van der Waals surface area (Å²) in [6.07, 6.45) is 7.12. The second kappa shape index (κ2) is 12.6. The summed E-state index contributed by atoms with van der Waals surface area (Å²) in [5.74, 6) is -0.373. The fraction of sp³-hybridized carbons (Fsp3) is 0.448. The summed E-state index contributed by atoms with van der Waals surface area (Å²) < 4.78 is 2.61. The molecule has 1 saturated carbocycles. The van der Waals surface area contributed by atoms with Gasteiger partial charge in [-0.3, -0.25) is 19.7 Å². The Hall–Kier alpha value is -4.08. The van der Waals surface area contributed by atoms with Crippen LogP contribution in [0.1, 0.15) is 79.0 Å². The highest BCUT2D eigenvalue weighted by Gasteiger charge is 2.26. The van der Waals surface area contributed by atoms with Crippen molar-refractivity contribution in [3.63, 3.8) is 0 Å². The molecule has 0 saturated heterocycles. The molecule has 10 heteroatoms. The number of nitrogens with zero attached hydrogens (tertiary/aromatic N) is 4. The van der Waals surface area contributed by atoms with Gasteiger partial charge in [0.2, 0.25) is 11.9 Å². The van der Waals surface area contributed by atoms with E-state index >= 15 is 0 Å². The number of carbonyl (C=O) groups excluding carboxylic acids is 3. The molecule has 1 heterocycles. The molecule has 0 unspecified atom stereocenters. The summed E-state index contributed by atoms with van der Waals surface area (Å²) in [5, 5.41) is 2.88. The zero-order chi connectivity index (χ0) is 27.9. The number of nitrogens with two attached hydrogens (primary N) is 1. The van der Waals surface area contributed by atoms with Crippen LogP contribution in [0.25, 0.3) is 11.0 Å². The van der Waals surface area contributed by atoms with Gasteiger partial charge in [0.25, 0.3) is 17.5 Å². The van der Waals surface area contributed by atoms with Crippen LogP contribution in [0, 0.1) is 4.91 Å². The summed E-state index contributed by atoms with van der Waals surface area (Å²) in [7, 11) is 1.39. The van der Waals surface area contributed by atoms with E-state index in [2.05, 4.69) is 10.3 Å². The van der Waals surface area contributed by atoms with Gasteiger partial charge < -0.3 is 15.2 Å². The van der Waals surface area contributed by atoms with E-state index < -0.39 is 0 Å². The Morgan fingerprint density at radius 3 is 2.38 bits per heavy atom. The van der Waals surface area contributed by atoms with E-state index in [1.807, 2.05) is 28.5 Å². The fourth-order valence-corrected chi connectivity index (χ4v) is 5.28. The van der Waals surface area contributed by atoms with E-state index in [-0.39, 0.29) is 30.2 Å². The minimum absolute atomic E-state index is 0.00340. The van der Waals surface area contributed by atoms with Crippen molar-refractivity contribution >= 4 is 40.4 Å². The largest absolute Gasteiger partial charge is 0.370 e. The van der Waals surface area contributed by atoms with Crippen molar-refractivity contribution in [3.05, 3.63) is 58.5 Å². The summed E-state index contributed by atoms with van der Waals surface area (Å²) in [6.45, 7) is 3.18. The predicted molar refractivity (Wildman–Crippen MR) is 150 cm³/mol. The zero-order valence-corrected chi connectivity index (χ0v) is 22.7. The SMILES string of the molecule is CCN(C(=O)c1ccc2c(c1)nc(NC(=O)c1ccc([N+](C)=O)cc1)n2CCCCC(N)=O)C1CCCCC1. The molecule has 206 valence electrons. The van der Waals surface area contributed by atoms with Gasteiger partial charge in [-0.1, -0.05) is 19.3 Å². The van der Waals surface area contributed by atoms with Crippen molar-refractivity contribution in [2.45, 2.75) is 70.9 Å². The Morgan fingerprint density at radius 1 is 1.05 bits per heavy atom. The van der Waals surface area contributed by atoms with Gasteiger partial charge in [-0.15, -0.1) is 0 Å². The topological polar surface area (TPSA) is 130 Å². The summed E-state index contributed by atoms with van der Waals surface area (Å²) in [5.41, 5.74) is 8.08. The van der Waals surface area contributed by atoms with Gasteiger partial charge in [0.1, 0.15) is 0 Å². The van der Waals surface area contributed by atoms with E-state index in [0.717, 1.165) is 36.0 Å². The van der Waals surface area contributed by atoms with Crippen LogP contribution < -0.4 is 11.1 Å². The van der Waals surface area contributed by atoms with E-state index in [0.29, 0.717) is 54.2 Å². The maximum atomic E-state index is 13.5. The lowest BCUT2D eigenvalue weighted by atomic mass is 9.93. The molecular formula is C29H37N6O4+. The molecule has 3 aromatic rings. The first-order valence-corrected chi connectivity index (χ1v) is 13.7. The third-order valence-corrected chi connectivity index (χ3v) is 7.39. The molecule has 4 rings (SSSR count). The predicted octanol–water partition coefficient (Wildman–Crippen LogP) is 4.78. The van der Waals surface area contributed by atoms with Gasteiger partial charge in [-0.25, -0.2) is 4.98 Å². The quantitative estimate of drug-likeness (QED) is 0.271. The van der Waals surface area contributed by atoms with Crippen molar-refractivity contribution in [1.29, 1.82) is 0 Å². The molecule has 1 fully saturated rings. The number of nitrogens with one attached hydrogen (secondary N) is 1. The number of hydrogen-bond acceptors (Lipinski definition) is 5. The third-order valence-electron chi connectivity index (χ3n) is 7.39.